The largest absolute Gasteiger partial charge is 0.354 e. The van der Waals surface area contributed by atoms with Crippen LogP contribution in [0.1, 0.15) is 37.8 Å². The lowest BCUT2D eigenvalue weighted by molar-refractivity contribution is -0.140. The van der Waals surface area contributed by atoms with Crippen LogP contribution in [0.25, 0.3) is 0 Å². The fraction of sp³-hybridized carbons (Fsp3) is 0.364. The molecule has 0 radical (unpaired) electrons. The van der Waals surface area contributed by atoms with Gasteiger partial charge in [-0.15, -0.1) is 0 Å². The summed E-state index contributed by atoms with van der Waals surface area (Å²) in [4.78, 5) is 27.1. The van der Waals surface area contributed by atoms with Crippen LogP contribution in [0.4, 0.5) is 8.78 Å². The number of benzene rings is 2. The monoisotopic (exact) mass is 388 g/mol. The fourth-order valence-electron chi connectivity index (χ4n) is 2.95. The maximum absolute atomic E-state index is 13.2. The molecule has 0 saturated heterocycles. The summed E-state index contributed by atoms with van der Waals surface area (Å²) in [7, 11) is 0. The minimum Gasteiger partial charge on any atom is -0.354 e. The molecule has 0 fully saturated rings. The normalized spacial score (nSPS) is 11.7. The molecule has 0 aliphatic carbocycles. The summed E-state index contributed by atoms with van der Waals surface area (Å²) < 4.78 is 26.4. The topological polar surface area (TPSA) is 49.4 Å². The molecular formula is C22H26F2N2O2. The maximum atomic E-state index is 13.2. The van der Waals surface area contributed by atoms with Gasteiger partial charge in [-0.3, -0.25) is 9.59 Å². The summed E-state index contributed by atoms with van der Waals surface area (Å²) in [5, 5.41) is 2.84. The summed E-state index contributed by atoms with van der Waals surface area (Å²) >= 11 is 0. The van der Waals surface area contributed by atoms with Crippen LogP contribution in [0.15, 0.2) is 48.5 Å². The molecule has 0 aliphatic rings. The quantitative estimate of drug-likeness (QED) is 0.710. The van der Waals surface area contributed by atoms with Gasteiger partial charge >= 0.3 is 0 Å². The summed E-state index contributed by atoms with van der Waals surface area (Å²) in [5.41, 5.74) is 1.40. The Bertz CT molecular complexity index is 776. The highest BCUT2D eigenvalue weighted by Gasteiger charge is 2.28. The van der Waals surface area contributed by atoms with Crippen molar-refractivity contribution in [3.05, 3.63) is 71.3 Å². The lowest BCUT2D eigenvalue weighted by atomic mass is 10.1. The molecule has 0 bridgehead atoms. The van der Waals surface area contributed by atoms with Crippen molar-refractivity contribution in [1.82, 2.24) is 10.2 Å². The number of hydrogen-bond acceptors (Lipinski definition) is 2. The van der Waals surface area contributed by atoms with Crippen molar-refractivity contribution in [1.29, 1.82) is 0 Å². The average molecular weight is 388 g/mol. The third-order valence-electron chi connectivity index (χ3n) is 4.47. The number of carbonyl (C=O) groups is 2. The Kier molecular flexibility index (Phi) is 8.11. The van der Waals surface area contributed by atoms with Crippen LogP contribution < -0.4 is 5.32 Å². The molecule has 1 N–H and O–H groups in total. The van der Waals surface area contributed by atoms with Gasteiger partial charge in [-0.2, -0.15) is 0 Å². The lowest BCUT2D eigenvalue weighted by Crippen LogP contribution is -2.49. The highest BCUT2D eigenvalue weighted by molar-refractivity contribution is 5.88. The van der Waals surface area contributed by atoms with Gasteiger partial charge in [0.15, 0.2) is 0 Å². The van der Waals surface area contributed by atoms with E-state index in [1.165, 1.54) is 29.2 Å². The zero-order valence-corrected chi connectivity index (χ0v) is 16.3. The summed E-state index contributed by atoms with van der Waals surface area (Å²) in [6.07, 6.45) is 1.30. The molecule has 150 valence electrons. The summed E-state index contributed by atoms with van der Waals surface area (Å²) in [6.45, 7) is 4.53. The zero-order chi connectivity index (χ0) is 20.5. The Morgan fingerprint density at radius 3 is 1.96 bits per heavy atom. The molecule has 0 unspecified atom stereocenters. The SMILES string of the molecule is CCCNC(=O)[C@H](CC)N(Cc1ccc(F)cc1)C(=O)Cc1ccc(F)cc1. The number of nitrogens with zero attached hydrogens (tertiary/aromatic N) is 1. The molecule has 0 heterocycles. The van der Waals surface area contributed by atoms with Crippen LogP contribution >= 0.6 is 0 Å². The van der Waals surface area contributed by atoms with Gasteiger partial charge in [0.1, 0.15) is 17.7 Å². The molecule has 2 aromatic rings. The Hall–Kier alpha value is -2.76. The van der Waals surface area contributed by atoms with Crippen molar-refractivity contribution in [3.8, 4) is 0 Å². The van der Waals surface area contributed by atoms with Crippen LogP contribution in [-0.2, 0) is 22.6 Å². The van der Waals surface area contributed by atoms with Crippen molar-refractivity contribution in [2.24, 2.45) is 0 Å². The molecule has 0 saturated carbocycles. The van der Waals surface area contributed by atoms with Gasteiger partial charge in [0.25, 0.3) is 0 Å². The predicted octanol–water partition coefficient (Wildman–Crippen LogP) is 3.84. The molecule has 4 nitrogen and oxygen atoms in total. The van der Waals surface area contributed by atoms with Crippen molar-refractivity contribution in [2.45, 2.75) is 45.7 Å². The van der Waals surface area contributed by atoms with Crippen LogP contribution in [0.3, 0.4) is 0 Å². The number of halogens is 2. The summed E-state index contributed by atoms with van der Waals surface area (Å²) in [5.74, 6) is -1.18. The number of hydrogen-bond donors (Lipinski definition) is 1. The second-order valence-corrected chi connectivity index (χ2v) is 6.67. The van der Waals surface area contributed by atoms with Gasteiger partial charge in [-0.25, -0.2) is 8.78 Å². The minimum absolute atomic E-state index is 0.0546. The van der Waals surface area contributed by atoms with E-state index in [4.69, 9.17) is 0 Å². The first kappa shape index (κ1) is 21.5. The number of amides is 2. The van der Waals surface area contributed by atoms with E-state index in [1.807, 2.05) is 13.8 Å². The van der Waals surface area contributed by atoms with E-state index < -0.39 is 6.04 Å². The van der Waals surface area contributed by atoms with Gasteiger partial charge in [-0.05, 0) is 48.2 Å². The van der Waals surface area contributed by atoms with Crippen LogP contribution in [0, 0.1) is 11.6 Å². The molecule has 2 aromatic carbocycles. The molecule has 6 heteroatoms. The minimum atomic E-state index is -0.635. The molecule has 0 aromatic heterocycles. The van der Waals surface area contributed by atoms with Gasteiger partial charge in [-0.1, -0.05) is 38.1 Å². The van der Waals surface area contributed by atoms with Gasteiger partial charge in [0, 0.05) is 13.1 Å². The van der Waals surface area contributed by atoms with Gasteiger partial charge in [0.05, 0.1) is 6.42 Å². The Balaban J connectivity index is 2.24. The van der Waals surface area contributed by atoms with E-state index in [-0.39, 0.29) is 36.4 Å². The van der Waals surface area contributed by atoms with E-state index in [0.717, 1.165) is 12.0 Å². The number of carbonyl (C=O) groups excluding carboxylic acids is 2. The first-order valence-electron chi connectivity index (χ1n) is 9.50. The van der Waals surface area contributed by atoms with Crippen molar-refractivity contribution in [3.63, 3.8) is 0 Å². The Morgan fingerprint density at radius 1 is 0.929 bits per heavy atom. The second-order valence-electron chi connectivity index (χ2n) is 6.67. The first-order valence-corrected chi connectivity index (χ1v) is 9.50. The fourth-order valence-corrected chi connectivity index (χ4v) is 2.95. The van der Waals surface area contributed by atoms with Crippen molar-refractivity contribution < 1.29 is 18.4 Å². The van der Waals surface area contributed by atoms with Crippen molar-refractivity contribution in [2.75, 3.05) is 6.54 Å². The standard InChI is InChI=1S/C22H26F2N2O2/c1-3-13-25-22(28)20(4-2)26(15-17-7-11-19(24)12-8-17)21(27)14-16-5-9-18(23)10-6-16/h5-12,20H,3-4,13-15H2,1-2H3,(H,25,28)/t20-/m0/s1. The van der Waals surface area contributed by atoms with E-state index >= 15 is 0 Å². The second kappa shape index (κ2) is 10.5. The van der Waals surface area contributed by atoms with Crippen LogP contribution in [0.5, 0.6) is 0 Å². The molecule has 2 amide bonds. The smallest absolute Gasteiger partial charge is 0.242 e. The van der Waals surface area contributed by atoms with E-state index in [2.05, 4.69) is 5.32 Å². The molecular weight excluding hydrogens is 362 g/mol. The molecule has 0 spiro atoms. The van der Waals surface area contributed by atoms with E-state index in [1.54, 1.807) is 24.3 Å². The maximum Gasteiger partial charge on any atom is 0.242 e. The average Bonchev–Trinajstić information content (AvgIpc) is 2.69. The third kappa shape index (κ3) is 6.15. The predicted molar refractivity (Wildman–Crippen MR) is 104 cm³/mol. The Morgan fingerprint density at radius 2 is 1.46 bits per heavy atom. The molecule has 1 atom stereocenters. The van der Waals surface area contributed by atoms with Gasteiger partial charge < -0.3 is 10.2 Å². The van der Waals surface area contributed by atoms with Crippen molar-refractivity contribution >= 4 is 11.8 Å². The first-order chi connectivity index (χ1) is 13.4. The third-order valence-corrected chi connectivity index (χ3v) is 4.47. The molecule has 0 aliphatic heterocycles. The highest BCUT2D eigenvalue weighted by Crippen LogP contribution is 2.15. The Labute approximate surface area is 164 Å². The highest BCUT2D eigenvalue weighted by atomic mass is 19.1. The van der Waals surface area contributed by atoms with Crippen LogP contribution in [-0.4, -0.2) is 29.3 Å². The van der Waals surface area contributed by atoms with Crippen LogP contribution in [0.2, 0.25) is 0 Å². The molecule has 28 heavy (non-hydrogen) atoms. The lowest BCUT2D eigenvalue weighted by Gasteiger charge is -2.30. The molecule has 2 rings (SSSR count). The zero-order valence-electron chi connectivity index (χ0n) is 16.3. The number of nitrogens with one attached hydrogen (secondary N) is 1. The van der Waals surface area contributed by atoms with Gasteiger partial charge in [0.2, 0.25) is 11.8 Å². The number of rotatable bonds is 9. The van der Waals surface area contributed by atoms with E-state index in [9.17, 15) is 18.4 Å². The summed E-state index contributed by atoms with van der Waals surface area (Å²) in [6, 6.07) is 10.9. The van der Waals surface area contributed by atoms with E-state index in [0.29, 0.717) is 18.5 Å².